The third-order valence-corrected chi connectivity index (χ3v) is 8.02. The second-order valence-electron chi connectivity index (χ2n) is 7.74. The summed E-state index contributed by atoms with van der Waals surface area (Å²) in [6, 6.07) is 27.2. The SMILES string of the molecule is CC(=O)OC(C)(C)C.OP(O)(c1ccccc1)(c1ccccc1)c1ccccc1. The summed E-state index contributed by atoms with van der Waals surface area (Å²) in [7, 11) is -4.37. The molecule has 0 saturated heterocycles. The standard InChI is InChI=1S/C18H17O2P.C6H12O2/c19-21(20,16-10-4-1-5-11-16,17-12-6-2-7-13-17)18-14-8-3-9-15-18;1-5(7)8-6(2,3)4/h1-15,19-20H;1-4H3. The van der Waals surface area contributed by atoms with E-state index in [9.17, 15) is 14.6 Å². The van der Waals surface area contributed by atoms with Gasteiger partial charge in [0.05, 0.1) is 0 Å². The van der Waals surface area contributed by atoms with Crippen molar-refractivity contribution in [3.8, 4) is 0 Å². The third-order valence-electron chi connectivity index (χ3n) is 4.19. The Morgan fingerprint density at radius 3 is 1.14 bits per heavy atom. The molecule has 3 rings (SSSR count). The van der Waals surface area contributed by atoms with Crippen LogP contribution >= 0.6 is 7.06 Å². The van der Waals surface area contributed by atoms with Gasteiger partial charge in [0.15, 0.2) is 0 Å². The van der Waals surface area contributed by atoms with Crippen molar-refractivity contribution in [2.24, 2.45) is 0 Å². The molecule has 0 fully saturated rings. The molecule has 5 heteroatoms. The molecular formula is C24H29O4P. The van der Waals surface area contributed by atoms with Gasteiger partial charge in [-0.15, -0.1) is 0 Å². The zero-order valence-electron chi connectivity index (χ0n) is 17.3. The molecule has 0 spiro atoms. The quantitative estimate of drug-likeness (QED) is 0.509. The Morgan fingerprint density at radius 1 is 0.690 bits per heavy atom. The monoisotopic (exact) mass is 412 g/mol. The number of carbonyl (C=O) groups excluding carboxylic acids is 1. The Bertz CT molecular complexity index is 814. The normalized spacial score (nSPS) is 12.7. The van der Waals surface area contributed by atoms with Crippen molar-refractivity contribution in [2.45, 2.75) is 33.3 Å². The van der Waals surface area contributed by atoms with Crippen molar-refractivity contribution in [1.82, 2.24) is 0 Å². The second-order valence-corrected chi connectivity index (χ2v) is 11.3. The maximum absolute atomic E-state index is 11.6. The van der Waals surface area contributed by atoms with Crippen LogP contribution in [0.2, 0.25) is 0 Å². The third kappa shape index (κ3) is 5.51. The van der Waals surface area contributed by atoms with Crippen molar-refractivity contribution >= 4 is 28.9 Å². The molecule has 0 aliphatic rings. The first-order chi connectivity index (χ1) is 13.5. The van der Waals surface area contributed by atoms with E-state index in [4.69, 9.17) is 4.74 Å². The van der Waals surface area contributed by atoms with Gasteiger partial charge in [0.1, 0.15) is 5.60 Å². The van der Waals surface area contributed by atoms with E-state index in [-0.39, 0.29) is 11.6 Å². The molecule has 4 nitrogen and oxygen atoms in total. The van der Waals surface area contributed by atoms with Crippen molar-refractivity contribution < 1.29 is 19.3 Å². The first-order valence-electron chi connectivity index (χ1n) is 9.42. The van der Waals surface area contributed by atoms with Gasteiger partial charge in [0.25, 0.3) is 0 Å². The predicted molar refractivity (Wildman–Crippen MR) is 121 cm³/mol. The van der Waals surface area contributed by atoms with Crippen molar-refractivity contribution in [3.63, 3.8) is 0 Å². The van der Waals surface area contributed by atoms with Crippen LogP contribution in [0.25, 0.3) is 0 Å². The summed E-state index contributed by atoms with van der Waals surface area (Å²) in [6.45, 7) is 6.93. The van der Waals surface area contributed by atoms with Crippen LogP contribution in [0.4, 0.5) is 0 Å². The Hall–Kier alpha value is -2.52. The maximum atomic E-state index is 11.6. The number of esters is 1. The molecule has 3 aromatic rings. The molecule has 0 aliphatic carbocycles. The van der Waals surface area contributed by atoms with E-state index in [1.807, 2.05) is 75.4 Å². The molecule has 3 aromatic carbocycles. The minimum atomic E-state index is -4.37. The summed E-state index contributed by atoms with van der Waals surface area (Å²) in [4.78, 5) is 33.4. The van der Waals surface area contributed by atoms with Crippen molar-refractivity contribution in [1.29, 1.82) is 0 Å². The van der Waals surface area contributed by atoms with Crippen LogP contribution in [0, 0.1) is 0 Å². The van der Waals surface area contributed by atoms with Gasteiger partial charge in [0, 0.05) is 6.92 Å². The Kier molecular flexibility index (Phi) is 6.97. The number of hydrogen-bond acceptors (Lipinski definition) is 4. The molecule has 2 N–H and O–H groups in total. The van der Waals surface area contributed by atoms with Gasteiger partial charge in [-0.25, -0.2) is 0 Å². The summed E-state index contributed by atoms with van der Waals surface area (Å²) in [5.74, 6) is -0.225. The van der Waals surface area contributed by atoms with Crippen molar-refractivity contribution in [2.75, 3.05) is 0 Å². The number of carbonyl (C=O) groups is 1. The number of benzene rings is 3. The van der Waals surface area contributed by atoms with E-state index in [2.05, 4.69) is 0 Å². The van der Waals surface area contributed by atoms with Crippen LogP contribution in [0.5, 0.6) is 0 Å². The van der Waals surface area contributed by atoms with Gasteiger partial charge in [-0.1, -0.05) is 0 Å². The van der Waals surface area contributed by atoms with Gasteiger partial charge in [-0.3, -0.25) is 4.79 Å². The van der Waals surface area contributed by atoms with Gasteiger partial charge in [0.2, 0.25) is 0 Å². The minimum absolute atomic E-state index is 0.225. The van der Waals surface area contributed by atoms with Crippen LogP contribution in [0.3, 0.4) is 0 Å². The summed E-state index contributed by atoms with van der Waals surface area (Å²) >= 11 is 0. The summed E-state index contributed by atoms with van der Waals surface area (Å²) < 4.78 is 4.80. The average Bonchev–Trinajstić information content (AvgIpc) is 2.69. The molecule has 0 aromatic heterocycles. The molecule has 0 aliphatic heterocycles. The Morgan fingerprint density at radius 2 is 0.966 bits per heavy atom. The van der Waals surface area contributed by atoms with E-state index in [0.717, 1.165) is 0 Å². The molecule has 29 heavy (non-hydrogen) atoms. The van der Waals surface area contributed by atoms with Gasteiger partial charge >= 0.3 is 130 Å². The first-order valence-corrected chi connectivity index (χ1v) is 11.6. The number of hydrogen-bond donors (Lipinski definition) is 2. The van der Waals surface area contributed by atoms with Gasteiger partial charge in [-0.2, -0.15) is 0 Å². The molecular weight excluding hydrogens is 383 g/mol. The fraction of sp³-hybridized carbons (Fsp3) is 0.208. The van der Waals surface area contributed by atoms with E-state index in [1.54, 1.807) is 36.4 Å². The first kappa shape index (κ1) is 22.8. The van der Waals surface area contributed by atoms with E-state index >= 15 is 0 Å². The van der Waals surface area contributed by atoms with Crippen LogP contribution in [0.15, 0.2) is 91.0 Å². The molecule has 154 valence electrons. The molecule has 0 bridgehead atoms. The predicted octanol–water partition coefficient (Wildman–Crippen LogP) is 3.68. The topological polar surface area (TPSA) is 66.8 Å². The number of rotatable bonds is 3. The number of ether oxygens (including phenoxy) is 1. The fourth-order valence-corrected chi connectivity index (χ4v) is 6.11. The van der Waals surface area contributed by atoms with Gasteiger partial charge in [-0.05, 0) is 20.8 Å². The van der Waals surface area contributed by atoms with E-state index in [1.165, 1.54) is 6.92 Å². The molecule has 0 amide bonds. The average molecular weight is 412 g/mol. The van der Waals surface area contributed by atoms with Crippen LogP contribution in [0.1, 0.15) is 27.7 Å². The van der Waals surface area contributed by atoms with Crippen LogP contribution < -0.4 is 15.9 Å². The Balaban J connectivity index is 0.000000321. The second kappa shape index (κ2) is 8.87. The molecule has 0 unspecified atom stereocenters. The van der Waals surface area contributed by atoms with Crippen molar-refractivity contribution in [3.05, 3.63) is 91.0 Å². The van der Waals surface area contributed by atoms with Crippen LogP contribution in [-0.2, 0) is 9.53 Å². The van der Waals surface area contributed by atoms with Gasteiger partial charge < -0.3 is 4.74 Å². The summed E-state index contributed by atoms with van der Waals surface area (Å²) in [5, 5.41) is 1.63. The molecule has 0 atom stereocenters. The molecule has 0 heterocycles. The van der Waals surface area contributed by atoms with E-state index in [0.29, 0.717) is 15.9 Å². The Labute approximate surface area is 172 Å². The summed E-state index contributed by atoms with van der Waals surface area (Å²) in [5.41, 5.74) is -0.328. The van der Waals surface area contributed by atoms with Crippen LogP contribution in [-0.4, -0.2) is 21.4 Å². The molecule has 0 radical (unpaired) electrons. The molecule has 0 saturated carbocycles. The fourth-order valence-electron chi connectivity index (χ4n) is 3.01. The summed E-state index contributed by atoms with van der Waals surface area (Å²) in [6.07, 6.45) is 0. The zero-order valence-corrected chi connectivity index (χ0v) is 18.2. The van der Waals surface area contributed by atoms with E-state index < -0.39 is 7.06 Å². The zero-order chi connectivity index (χ0) is 21.6.